The number of hydrogen-bond acceptors (Lipinski definition) is 2. The maximum absolute atomic E-state index is 13.3. The average Bonchev–Trinajstić information content (AvgIpc) is 2.68. The van der Waals surface area contributed by atoms with Crippen LogP contribution in [0.1, 0.15) is 72.0 Å². The van der Waals surface area contributed by atoms with Gasteiger partial charge in [0.05, 0.1) is 0 Å². The first-order valence-corrected chi connectivity index (χ1v) is 10.9. The Morgan fingerprint density at radius 2 is 1.68 bits per heavy atom. The first kappa shape index (κ1) is 22.4. The minimum atomic E-state index is -0.304. The number of anilines is 1. The Labute approximate surface area is 176 Å². The Balaban J connectivity index is 2.61. The highest BCUT2D eigenvalue weighted by Gasteiger charge is 2.22. The van der Waals surface area contributed by atoms with E-state index in [0.29, 0.717) is 12.0 Å². The fraction of sp³-hybridized carbons (Fsp3) is 0.478. The van der Waals surface area contributed by atoms with Gasteiger partial charge < -0.3 is 9.88 Å². The number of pyridine rings is 1. The molecule has 4 nitrogen and oxygen atoms in total. The summed E-state index contributed by atoms with van der Waals surface area (Å²) in [5.41, 5.74) is 5.46. The van der Waals surface area contributed by atoms with Gasteiger partial charge >= 0.3 is 0 Å². The van der Waals surface area contributed by atoms with Crippen LogP contribution >= 0.6 is 15.9 Å². The molecular formula is C23H31BrN2O2. The number of carbonyl (C=O) groups excluding carboxylic acids is 1. The lowest BCUT2D eigenvalue weighted by Gasteiger charge is -2.20. The number of aromatic nitrogens is 1. The molecule has 0 spiro atoms. The summed E-state index contributed by atoms with van der Waals surface area (Å²) < 4.78 is 3.01. The fourth-order valence-electron chi connectivity index (χ4n) is 3.60. The van der Waals surface area contributed by atoms with E-state index in [-0.39, 0.29) is 16.9 Å². The van der Waals surface area contributed by atoms with Crippen molar-refractivity contribution >= 4 is 27.5 Å². The molecule has 1 aromatic heterocycles. The monoisotopic (exact) mass is 446 g/mol. The van der Waals surface area contributed by atoms with Crippen LogP contribution < -0.4 is 10.7 Å². The molecule has 0 unspecified atom stereocenters. The fourth-order valence-corrected chi connectivity index (χ4v) is 4.15. The minimum absolute atomic E-state index is 0.160. The van der Waals surface area contributed by atoms with Crippen molar-refractivity contribution in [3.63, 3.8) is 0 Å². The predicted molar refractivity (Wildman–Crippen MR) is 121 cm³/mol. The number of hydrogen-bond donors (Lipinski definition) is 1. The maximum Gasteiger partial charge on any atom is 0.261 e. The molecule has 28 heavy (non-hydrogen) atoms. The average molecular weight is 447 g/mol. The highest BCUT2D eigenvalue weighted by atomic mass is 79.9. The van der Waals surface area contributed by atoms with Crippen LogP contribution in [-0.2, 0) is 26.3 Å². The minimum Gasteiger partial charge on any atom is -0.351 e. The Morgan fingerprint density at radius 3 is 2.18 bits per heavy atom. The first-order valence-electron chi connectivity index (χ1n) is 10.1. The van der Waals surface area contributed by atoms with E-state index in [1.165, 1.54) is 0 Å². The molecule has 5 heteroatoms. The highest BCUT2D eigenvalue weighted by molar-refractivity contribution is 9.10. The van der Waals surface area contributed by atoms with Gasteiger partial charge in [-0.25, -0.2) is 0 Å². The van der Waals surface area contributed by atoms with E-state index in [2.05, 4.69) is 42.0 Å². The van der Waals surface area contributed by atoms with E-state index < -0.39 is 0 Å². The van der Waals surface area contributed by atoms with Gasteiger partial charge in [0.2, 0.25) is 0 Å². The summed E-state index contributed by atoms with van der Waals surface area (Å²) in [5, 5.41) is 3.08. The number of benzene rings is 1. The van der Waals surface area contributed by atoms with Crippen molar-refractivity contribution in [2.24, 2.45) is 7.05 Å². The highest BCUT2D eigenvalue weighted by Crippen LogP contribution is 2.28. The second-order valence-corrected chi connectivity index (χ2v) is 8.20. The maximum atomic E-state index is 13.3. The van der Waals surface area contributed by atoms with Gasteiger partial charge in [0.25, 0.3) is 5.91 Å². The standard InChI is InChI=1S/C23H31BrN2O2/c1-7-10-11-19-20(22(27)14(4)15(5)26(19)6)23(28)25-21-16(8-2)12-18(24)13-17(21)9-3/h12-13H,7-11H2,1-6H3,(H,25,28). The van der Waals surface area contributed by atoms with Crippen LogP contribution in [0.15, 0.2) is 21.4 Å². The number of nitrogens with one attached hydrogen (secondary N) is 1. The summed E-state index contributed by atoms with van der Waals surface area (Å²) in [7, 11) is 1.94. The molecule has 152 valence electrons. The van der Waals surface area contributed by atoms with Crippen molar-refractivity contribution in [2.45, 2.75) is 66.7 Å². The topological polar surface area (TPSA) is 51.1 Å². The van der Waals surface area contributed by atoms with Gasteiger partial charge in [0.1, 0.15) is 5.56 Å². The molecule has 0 aliphatic heterocycles. The van der Waals surface area contributed by atoms with Gasteiger partial charge in [-0.15, -0.1) is 0 Å². The number of aryl methyl sites for hydroxylation is 2. The van der Waals surface area contributed by atoms with Crippen molar-refractivity contribution in [3.8, 4) is 0 Å². The van der Waals surface area contributed by atoms with Crippen molar-refractivity contribution in [1.29, 1.82) is 0 Å². The van der Waals surface area contributed by atoms with E-state index in [9.17, 15) is 9.59 Å². The molecule has 0 bridgehead atoms. The lowest BCUT2D eigenvalue weighted by molar-refractivity contribution is 0.102. The molecule has 2 rings (SSSR count). The summed E-state index contributed by atoms with van der Waals surface area (Å²) in [6, 6.07) is 4.07. The van der Waals surface area contributed by atoms with Gasteiger partial charge in [0, 0.05) is 34.2 Å². The van der Waals surface area contributed by atoms with Crippen molar-refractivity contribution < 1.29 is 4.79 Å². The lowest BCUT2D eigenvalue weighted by Crippen LogP contribution is -2.30. The Bertz CT molecular complexity index is 920. The third-order valence-corrected chi connectivity index (χ3v) is 6.03. The second kappa shape index (κ2) is 9.55. The Kier molecular flexibility index (Phi) is 7.64. The number of rotatable bonds is 7. The molecule has 0 aliphatic carbocycles. The molecule has 1 heterocycles. The van der Waals surface area contributed by atoms with Gasteiger partial charge in [-0.1, -0.05) is 43.1 Å². The van der Waals surface area contributed by atoms with Crippen LogP contribution in [0.4, 0.5) is 5.69 Å². The summed E-state index contributed by atoms with van der Waals surface area (Å²) in [4.78, 5) is 26.4. The zero-order chi connectivity index (χ0) is 21.0. The van der Waals surface area contributed by atoms with Gasteiger partial charge in [-0.2, -0.15) is 0 Å². The molecule has 0 saturated carbocycles. The molecule has 1 N–H and O–H groups in total. The third kappa shape index (κ3) is 4.40. The van der Waals surface area contributed by atoms with Crippen LogP contribution in [0.25, 0.3) is 0 Å². The van der Waals surface area contributed by atoms with Crippen LogP contribution in [0, 0.1) is 13.8 Å². The number of halogens is 1. The van der Waals surface area contributed by atoms with Gasteiger partial charge in [0.15, 0.2) is 5.43 Å². The summed E-state index contributed by atoms with van der Waals surface area (Å²) in [6.45, 7) is 9.98. The van der Waals surface area contributed by atoms with Crippen molar-refractivity contribution in [1.82, 2.24) is 4.57 Å². The Morgan fingerprint density at radius 1 is 1.11 bits per heavy atom. The van der Waals surface area contributed by atoms with Crippen LogP contribution in [-0.4, -0.2) is 10.5 Å². The molecular weight excluding hydrogens is 416 g/mol. The number of nitrogens with zero attached hydrogens (tertiary/aromatic N) is 1. The predicted octanol–water partition coefficient (Wildman–Crippen LogP) is 5.48. The van der Waals surface area contributed by atoms with Crippen molar-refractivity contribution in [3.05, 3.63) is 60.5 Å². The Hall–Kier alpha value is -1.88. The van der Waals surface area contributed by atoms with Crippen LogP contribution in [0.2, 0.25) is 0 Å². The lowest BCUT2D eigenvalue weighted by atomic mass is 10.00. The number of unbranched alkanes of at least 4 members (excludes halogenated alkanes) is 1. The molecule has 2 aromatic rings. The second-order valence-electron chi connectivity index (χ2n) is 7.28. The zero-order valence-corrected chi connectivity index (χ0v) is 19.4. The third-order valence-electron chi connectivity index (χ3n) is 5.57. The molecule has 0 fully saturated rings. The van der Waals surface area contributed by atoms with Gasteiger partial charge in [-0.05, 0) is 62.8 Å². The first-order chi connectivity index (χ1) is 13.3. The van der Waals surface area contributed by atoms with E-state index in [1.54, 1.807) is 6.92 Å². The molecule has 0 radical (unpaired) electrons. The zero-order valence-electron chi connectivity index (χ0n) is 17.8. The van der Waals surface area contributed by atoms with E-state index in [0.717, 1.165) is 58.4 Å². The molecule has 0 aliphatic rings. The van der Waals surface area contributed by atoms with Crippen LogP contribution in [0.3, 0.4) is 0 Å². The number of amides is 1. The van der Waals surface area contributed by atoms with E-state index in [1.807, 2.05) is 30.7 Å². The normalized spacial score (nSPS) is 11.0. The van der Waals surface area contributed by atoms with Gasteiger partial charge in [-0.3, -0.25) is 9.59 Å². The number of carbonyl (C=O) groups is 1. The smallest absolute Gasteiger partial charge is 0.261 e. The van der Waals surface area contributed by atoms with Crippen molar-refractivity contribution in [2.75, 3.05) is 5.32 Å². The summed E-state index contributed by atoms with van der Waals surface area (Å²) >= 11 is 3.55. The SMILES string of the molecule is CCCCc1c(C(=O)Nc2c(CC)cc(Br)cc2CC)c(=O)c(C)c(C)n1C. The molecule has 0 atom stereocenters. The van der Waals surface area contributed by atoms with E-state index in [4.69, 9.17) is 0 Å². The van der Waals surface area contributed by atoms with E-state index >= 15 is 0 Å². The quantitative estimate of drug-likeness (QED) is 0.611. The molecule has 0 saturated heterocycles. The summed E-state index contributed by atoms with van der Waals surface area (Å²) in [5.74, 6) is -0.304. The largest absolute Gasteiger partial charge is 0.351 e. The van der Waals surface area contributed by atoms with Crippen LogP contribution in [0.5, 0.6) is 0 Å². The summed E-state index contributed by atoms with van der Waals surface area (Å²) in [6.07, 6.45) is 4.27. The molecule has 1 amide bonds. The molecule has 1 aromatic carbocycles.